The molecular weight excluding hydrogens is 341 g/mol. The average Bonchev–Trinajstić information content (AvgIpc) is 1.83. The first kappa shape index (κ1) is 10.3. The van der Waals surface area contributed by atoms with Crippen LogP contribution in [0.25, 0.3) is 0 Å². The predicted octanol–water partition coefficient (Wildman–Crippen LogP) is 2.57. The van der Waals surface area contributed by atoms with Crippen molar-refractivity contribution in [1.82, 2.24) is 4.98 Å². The Morgan fingerprint density at radius 1 is 1.20 bits per heavy atom. The normalized spacial score (nSPS) is 8.60. The average molecular weight is 345 g/mol. The van der Waals surface area contributed by atoms with Crippen LogP contribution in [0.3, 0.4) is 0 Å². The molecule has 1 aromatic heterocycles. The molecule has 1 rings (SSSR count). The number of rotatable bonds is 0. The van der Waals surface area contributed by atoms with E-state index in [9.17, 15) is 0 Å². The van der Waals surface area contributed by atoms with Gasteiger partial charge in [-0.25, -0.2) is 0 Å². The first-order valence-corrected chi connectivity index (χ1v) is 3.08. The number of hydrogen-bond acceptors (Lipinski definition) is 1. The Balaban J connectivity index is 0.000000810. The van der Waals surface area contributed by atoms with Crippen LogP contribution < -0.4 is 0 Å². The molecule has 0 aliphatic rings. The largest absolute Gasteiger partial charge is 0.288 e. The van der Waals surface area contributed by atoms with Crippen LogP contribution in [0, 0.1) is 6.92 Å². The van der Waals surface area contributed by atoms with Crippen molar-refractivity contribution in [2.24, 2.45) is 0 Å². The van der Waals surface area contributed by atoms with E-state index < -0.39 is 0 Å². The molecule has 0 aromatic carbocycles. The molecule has 0 spiro atoms. The zero-order chi connectivity index (χ0) is 6.85. The van der Waals surface area contributed by atoms with Crippen molar-refractivity contribution in [2.45, 2.75) is 0 Å². The van der Waals surface area contributed by atoms with Crippen molar-refractivity contribution in [3.05, 3.63) is 34.9 Å². The van der Waals surface area contributed by atoms with Gasteiger partial charge in [0.25, 0.3) is 0 Å². The molecule has 0 atom stereocenters. The van der Waals surface area contributed by atoms with Crippen LogP contribution in [-0.4, -0.2) is 4.98 Å². The van der Waals surface area contributed by atoms with Gasteiger partial charge >= 0.3 is 0 Å². The van der Waals surface area contributed by atoms with Crippen LogP contribution in [0.15, 0.2) is 12.4 Å². The quantitative estimate of drug-likeness (QED) is 0.659. The minimum absolute atomic E-state index is 0. The molecule has 1 nitrogen and oxygen atoms in total. The van der Waals surface area contributed by atoms with E-state index in [4.69, 9.17) is 23.2 Å². The van der Waals surface area contributed by atoms with E-state index in [1.54, 1.807) is 0 Å². The molecule has 0 saturated carbocycles. The van der Waals surface area contributed by atoms with Gasteiger partial charge in [-0.3, -0.25) is 4.98 Å². The van der Waals surface area contributed by atoms with Crippen molar-refractivity contribution < 1.29 is 21.1 Å². The van der Waals surface area contributed by atoms with Crippen molar-refractivity contribution in [3.8, 4) is 0 Å². The maximum Gasteiger partial charge on any atom is 0 e. The summed E-state index contributed by atoms with van der Waals surface area (Å²) in [6.45, 7) is 3.62. The Kier molecular flexibility index (Phi) is 4.35. The van der Waals surface area contributed by atoms with Crippen molar-refractivity contribution >= 4 is 23.2 Å². The van der Waals surface area contributed by atoms with E-state index in [0.717, 1.165) is 0 Å². The molecule has 10 heavy (non-hydrogen) atoms. The van der Waals surface area contributed by atoms with E-state index in [-0.39, 0.29) is 21.1 Å². The Bertz CT molecular complexity index is 207. The fourth-order valence-electron chi connectivity index (χ4n) is 0.438. The number of nitrogens with zero attached hydrogens (tertiary/aromatic N) is 1. The van der Waals surface area contributed by atoms with E-state index in [2.05, 4.69) is 11.9 Å². The first-order chi connectivity index (χ1) is 4.22. The summed E-state index contributed by atoms with van der Waals surface area (Å²) in [6, 6.07) is 0. The molecular formula is C6H4Cl2NW-. The van der Waals surface area contributed by atoms with Gasteiger partial charge in [0.05, 0.1) is 0 Å². The molecule has 0 unspecified atom stereocenters. The van der Waals surface area contributed by atoms with Gasteiger partial charge in [-0.05, 0) is 22.4 Å². The fraction of sp³-hybridized carbons (Fsp3) is 0. The molecule has 0 fully saturated rings. The molecule has 0 saturated heterocycles. The van der Waals surface area contributed by atoms with Crippen LogP contribution in [0.1, 0.15) is 5.56 Å². The van der Waals surface area contributed by atoms with Gasteiger partial charge in [-0.15, -0.1) is 0 Å². The number of halogens is 2. The Morgan fingerprint density at radius 3 is 1.90 bits per heavy atom. The Morgan fingerprint density at radius 2 is 1.60 bits per heavy atom. The second-order valence-electron chi connectivity index (χ2n) is 1.58. The molecule has 54 valence electrons. The molecule has 1 aromatic rings. The molecule has 0 amide bonds. The molecule has 0 N–H and O–H groups in total. The number of hydrogen-bond donors (Lipinski definition) is 0. The smallest absolute Gasteiger partial charge is 0 e. The number of pyridine rings is 1. The van der Waals surface area contributed by atoms with Crippen LogP contribution in [0.2, 0.25) is 10.0 Å². The monoisotopic (exact) mass is 344 g/mol. The Hall–Kier alpha value is 0.288. The van der Waals surface area contributed by atoms with E-state index in [1.807, 2.05) is 0 Å². The van der Waals surface area contributed by atoms with Gasteiger partial charge in [-0.2, -0.15) is 35.7 Å². The van der Waals surface area contributed by atoms with Crippen LogP contribution >= 0.6 is 23.2 Å². The first-order valence-electron chi connectivity index (χ1n) is 2.33. The summed E-state index contributed by atoms with van der Waals surface area (Å²) >= 11 is 11.2. The molecule has 0 aliphatic heterocycles. The molecule has 0 aliphatic carbocycles. The minimum Gasteiger partial charge on any atom is -0.288 e. The zero-order valence-corrected chi connectivity index (χ0v) is 9.42. The van der Waals surface area contributed by atoms with Gasteiger partial charge in [0.1, 0.15) is 0 Å². The third-order valence-corrected chi connectivity index (χ3v) is 1.60. The van der Waals surface area contributed by atoms with Crippen molar-refractivity contribution in [1.29, 1.82) is 0 Å². The van der Waals surface area contributed by atoms with Gasteiger partial charge in [0.2, 0.25) is 0 Å². The van der Waals surface area contributed by atoms with Crippen molar-refractivity contribution in [2.75, 3.05) is 0 Å². The SMILES string of the molecule is [CH2-]c1c(Cl)cncc1Cl.[W]. The van der Waals surface area contributed by atoms with Crippen LogP contribution in [0.5, 0.6) is 0 Å². The minimum atomic E-state index is 0. The zero-order valence-electron chi connectivity index (χ0n) is 4.97. The summed E-state index contributed by atoms with van der Waals surface area (Å²) in [6.07, 6.45) is 3.02. The van der Waals surface area contributed by atoms with Crippen LogP contribution in [0.4, 0.5) is 0 Å². The second-order valence-corrected chi connectivity index (χ2v) is 2.40. The maximum atomic E-state index is 5.60. The van der Waals surface area contributed by atoms with E-state index >= 15 is 0 Å². The molecule has 4 heteroatoms. The topological polar surface area (TPSA) is 12.9 Å². The molecule has 1 heterocycles. The van der Waals surface area contributed by atoms with Gasteiger partial charge in [0.15, 0.2) is 0 Å². The van der Waals surface area contributed by atoms with Crippen LogP contribution in [-0.2, 0) is 21.1 Å². The maximum absolute atomic E-state index is 5.60. The third-order valence-electron chi connectivity index (χ3n) is 0.952. The standard InChI is InChI=1S/C6H4Cl2N.W/c1-4-5(7)2-9-3-6(4)8;/h2-3H,1H2;/q-1;. The fourth-order valence-corrected chi connectivity index (χ4v) is 0.803. The summed E-state index contributed by atoms with van der Waals surface area (Å²) in [5.41, 5.74) is 0.633. The molecule has 0 radical (unpaired) electrons. The van der Waals surface area contributed by atoms with Crippen molar-refractivity contribution in [3.63, 3.8) is 0 Å². The van der Waals surface area contributed by atoms with E-state index in [0.29, 0.717) is 15.6 Å². The summed E-state index contributed by atoms with van der Waals surface area (Å²) in [5.74, 6) is 0. The Labute approximate surface area is 84.0 Å². The predicted molar refractivity (Wildman–Crippen MR) is 38.7 cm³/mol. The summed E-state index contributed by atoms with van der Waals surface area (Å²) in [4.78, 5) is 3.74. The third kappa shape index (κ3) is 2.16. The number of aromatic nitrogens is 1. The van der Waals surface area contributed by atoms with E-state index in [1.165, 1.54) is 12.4 Å². The molecule has 0 bridgehead atoms. The summed E-state index contributed by atoms with van der Waals surface area (Å²) in [5, 5.41) is 1.00. The van der Waals surface area contributed by atoms with Gasteiger partial charge in [0, 0.05) is 21.1 Å². The van der Waals surface area contributed by atoms with Gasteiger partial charge < -0.3 is 0 Å². The second kappa shape index (κ2) is 4.23. The summed E-state index contributed by atoms with van der Waals surface area (Å²) in [7, 11) is 0. The van der Waals surface area contributed by atoms with Gasteiger partial charge in [-0.1, -0.05) is 0 Å². The summed E-state index contributed by atoms with van der Waals surface area (Å²) < 4.78 is 0.